The van der Waals surface area contributed by atoms with E-state index in [1.165, 1.54) is 57.8 Å². The molecular formula is C41H72NO9P. The van der Waals surface area contributed by atoms with E-state index in [4.69, 9.17) is 24.3 Å². The normalized spacial score (nSPS) is 14.6. The number of esters is 2. The number of nitrogens with two attached hydrogens (primary N) is 1. The molecule has 10 nitrogen and oxygen atoms in total. The van der Waals surface area contributed by atoms with Crippen LogP contribution in [0, 0.1) is 0 Å². The van der Waals surface area contributed by atoms with Crippen LogP contribution in [-0.4, -0.2) is 60.5 Å². The van der Waals surface area contributed by atoms with E-state index in [-0.39, 0.29) is 32.6 Å². The van der Waals surface area contributed by atoms with Gasteiger partial charge in [0, 0.05) is 19.4 Å². The van der Waals surface area contributed by atoms with Gasteiger partial charge in [-0.15, -0.1) is 0 Å². The van der Waals surface area contributed by atoms with Gasteiger partial charge in [0.25, 0.3) is 0 Å². The quantitative estimate of drug-likeness (QED) is 0.0185. The Kier molecular flexibility index (Phi) is 35.3. The van der Waals surface area contributed by atoms with Crippen LogP contribution in [0.3, 0.4) is 0 Å². The first-order chi connectivity index (χ1) is 25.2. The highest BCUT2D eigenvalue weighted by molar-refractivity contribution is 7.47. The van der Waals surface area contributed by atoms with Gasteiger partial charge in [-0.2, -0.15) is 0 Å². The van der Waals surface area contributed by atoms with Crippen molar-refractivity contribution in [2.75, 3.05) is 26.4 Å². The Labute approximate surface area is 315 Å². The molecule has 0 saturated heterocycles. The molecular weight excluding hydrogens is 681 g/mol. The lowest BCUT2D eigenvalue weighted by Crippen LogP contribution is -2.29. The summed E-state index contributed by atoms with van der Waals surface area (Å²) in [6.45, 7) is 3.44. The fraction of sp³-hybridized carbons (Fsp3) is 0.707. The Morgan fingerprint density at radius 3 is 1.94 bits per heavy atom. The SMILES string of the molecule is CC/C=C\C/C=C\CC(O)/C=C/C=C\C/C=C\CCCC(=O)OC[C@H](COP(=O)(O)OCCN)OC(=O)CCCCCCCCCCCCCCC. The van der Waals surface area contributed by atoms with Gasteiger partial charge in [-0.1, -0.05) is 152 Å². The highest BCUT2D eigenvalue weighted by Crippen LogP contribution is 2.43. The molecule has 11 heteroatoms. The van der Waals surface area contributed by atoms with Crippen LogP contribution in [0.15, 0.2) is 60.8 Å². The molecule has 0 radical (unpaired) electrons. The number of rotatable bonds is 36. The monoisotopic (exact) mass is 753 g/mol. The second kappa shape index (κ2) is 37.0. The van der Waals surface area contributed by atoms with E-state index >= 15 is 0 Å². The predicted molar refractivity (Wildman–Crippen MR) is 212 cm³/mol. The maximum absolute atomic E-state index is 12.5. The summed E-state index contributed by atoms with van der Waals surface area (Å²) in [5.41, 5.74) is 5.33. The minimum absolute atomic E-state index is 0.0352. The predicted octanol–water partition coefficient (Wildman–Crippen LogP) is 9.91. The molecule has 0 rings (SSSR count). The Balaban J connectivity index is 4.37. The zero-order valence-electron chi connectivity index (χ0n) is 32.4. The maximum atomic E-state index is 12.5. The molecule has 4 N–H and O–H groups in total. The molecule has 52 heavy (non-hydrogen) atoms. The second-order valence-electron chi connectivity index (χ2n) is 13.0. The van der Waals surface area contributed by atoms with Gasteiger partial charge in [0.1, 0.15) is 6.61 Å². The van der Waals surface area contributed by atoms with Gasteiger partial charge in [0.2, 0.25) is 0 Å². The number of unbranched alkanes of at least 4 members (excludes halogenated alkanes) is 13. The lowest BCUT2D eigenvalue weighted by atomic mass is 10.0. The van der Waals surface area contributed by atoms with Gasteiger partial charge < -0.3 is 25.2 Å². The zero-order valence-corrected chi connectivity index (χ0v) is 33.3. The van der Waals surface area contributed by atoms with Crippen LogP contribution < -0.4 is 5.73 Å². The van der Waals surface area contributed by atoms with Crippen molar-refractivity contribution < 1.29 is 42.7 Å². The second-order valence-corrected chi connectivity index (χ2v) is 14.4. The van der Waals surface area contributed by atoms with Gasteiger partial charge in [0.05, 0.1) is 19.3 Å². The smallest absolute Gasteiger partial charge is 0.462 e. The average molecular weight is 754 g/mol. The highest BCUT2D eigenvalue weighted by atomic mass is 31.2. The zero-order chi connectivity index (χ0) is 38.4. The maximum Gasteiger partial charge on any atom is 0.472 e. The third-order valence-electron chi connectivity index (χ3n) is 8.00. The molecule has 0 bridgehead atoms. The van der Waals surface area contributed by atoms with Crippen molar-refractivity contribution >= 4 is 19.8 Å². The van der Waals surface area contributed by atoms with Crippen LogP contribution in [0.1, 0.15) is 149 Å². The van der Waals surface area contributed by atoms with Crippen LogP contribution in [0.2, 0.25) is 0 Å². The number of allylic oxidation sites excluding steroid dienone is 8. The van der Waals surface area contributed by atoms with Gasteiger partial charge in [-0.25, -0.2) is 4.57 Å². The largest absolute Gasteiger partial charge is 0.472 e. The lowest BCUT2D eigenvalue weighted by molar-refractivity contribution is -0.161. The first-order valence-corrected chi connectivity index (χ1v) is 21.4. The van der Waals surface area contributed by atoms with Crippen molar-refractivity contribution in [3.05, 3.63) is 60.8 Å². The number of phosphoric ester groups is 1. The number of hydrogen-bond acceptors (Lipinski definition) is 9. The van der Waals surface area contributed by atoms with Crippen LogP contribution in [0.5, 0.6) is 0 Å². The number of hydrogen-bond donors (Lipinski definition) is 3. The molecule has 0 aliphatic heterocycles. The standard InChI is InChI=1S/C41H72NO9P/c1-3-5-7-9-11-12-13-14-15-16-21-25-29-33-41(45)51-39(37-50-52(46,47)49-35-34-42)36-48-40(44)32-28-24-20-18-17-19-23-27-31-38(43)30-26-22-10-8-6-4-2/h6,8,18-20,22-23,26-27,31,38-39,43H,3-5,7,9-17,21,24-25,28-30,32-37,42H2,1-2H3,(H,46,47)/b8-6-,20-18-,23-19-,26-22-,31-27+/t38?,39-/m1/s1. The van der Waals surface area contributed by atoms with Crippen molar-refractivity contribution in [2.24, 2.45) is 5.73 Å². The summed E-state index contributed by atoms with van der Waals surface area (Å²) < 4.78 is 32.6. The van der Waals surface area contributed by atoms with E-state index in [1.807, 2.05) is 42.5 Å². The van der Waals surface area contributed by atoms with E-state index in [9.17, 15) is 24.2 Å². The van der Waals surface area contributed by atoms with E-state index in [0.29, 0.717) is 25.7 Å². The van der Waals surface area contributed by atoms with E-state index in [0.717, 1.165) is 38.5 Å². The molecule has 0 saturated carbocycles. The summed E-state index contributed by atoms with van der Waals surface area (Å²) in [5, 5.41) is 9.99. The van der Waals surface area contributed by atoms with Crippen molar-refractivity contribution in [2.45, 2.75) is 161 Å². The molecule has 300 valence electrons. The van der Waals surface area contributed by atoms with E-state index in [2.05, 4.69) is 26.0 Å². The molecule has 0 heterocycles. The minimum Gasteiger partial charge on any atom is -0.462 e. The highest BCUT2D eigenvalue weighted by Gasteiger charge is 2.25. The fourth-order valence-electron chi connectivity index (χ4n) is 5.05. The number of phosphoric acid groups is 1. The van der Waals surface area contributed by atoms with Gasteiger partial charge in [-0.05, 0) is 44.9 Å². The Morgan fingerprint density at radius 1 is 0.692 bits per heavy atom. The molecule has 0 aromatic carbocycles. The molecule has 0 aromatic rings. The molecule has 2 unspecified atom stereocenters. The summed E-state index contributed by atoms with van der Waals surface area (Å²) in [6.07, 6.45) is 38.6. The number of aliphatic hydroxyl groups is 1. The average Bonchev–Trinajstić information content (AvgIpc) is 3.12. The van der Waals surface area contributed by atoms with E-state index in [1.54, 1.807) is 6.08 Å². The molecule has 0 aliphatic rings. The van der Waals surface area contributed by atoms with Gasteiger partial charge in [0.15, 0.2) is 6.10 Å². The molecule has 0 aromatic heterocycles. The summed E-state index contributed by atoms with van der Waals surface area (Å²) in [6, 6.07) is 0. The summed E-state index contributed by atoms with van der Waals surface area (Å²) in [7, 11) is -4.40. The Bertz CT molecular complexity index is 1060. The number of carbonyl (C=O) groups is 2. The summed E-state index contributed by atoms with van der Waals surface area (Å²) in [5.74, 6) is -0.939. The van der Waals surface area contributed by atoms with E-state index < -0.39 is 38.6 Å². The minimum atomic E-state index is -4.40. The molecule has 3 atom stereocenters. The van der Waals surface area contributed by atoms with Crippen LogP contribution in [0.25, 0.3) is 0 Å². The molecule has 0 fully saturated rings. The fourth-order valence-corrected chi connectivity index (χ4v) is 5.81. The lowest BCUT2D eigenvalue weighted by Gasteiger charge is -2.19. The first-order valence-electron chi connectivity index (χ1n) is 19.9. The van der Waals surface area contributed by atoms with Crippen LogP contribution in [-0.2, 0) is 32.7 Å². The number of aliphatic hydroxyl groups excluding tert-OH is 1. The van der Waals surface area contributed by atoms with Crippen LogP contribution in [0.4, 0.5) is 0 Å². The topological polar surface area (TPSA) is 155 Å². The Hall–Kier alpha value is -2.33. The third-order valence-corrected chi connectivity index (χ3v) is 8.98. The van der Waals surface area contributed by atoms with Gasteiger partial charge in [-0.3, -0.25) is 18.6 Å². The molecule has 0 spiro atoms. The molecule has 0 aliphatic carbocycles. The number of ether oxygens (including phenoxy) is 2. The van der Waals surface area contributed by atoms with Crippen LogP contribution >= 0.6 is 7.82 Å². The van der Waals surface area contributed by atoms with Crippen molar-refractivity contribution in [1.82, 2.24) is 0 Å². The number of carbonyl (C=O) groups excluding carboxylic acids is 2. The summed E-state index contributed by atoms with van der Waals surface area (Å²) >= 11 is 0. The van der Waals surface area contributed by atoms with Crippen molar-refractivity contribution in [1.29, 1.82) is 0 Å². The van der Waals surface area contributed by atoms with Gasteiger partial charge >= 0.3 is 19.8 Å². The first kappa shape index (κ1) is 49.7. The van der Waals surface area contributed by atoms with Crippen molar-refractivity contribution in [3.8, 4) is 0 Å². The van der Waals surface area contributed by atoms with Crippen molar-refractivity contribution in [3.63, 3.8) is 0 Å². The third kappa shape index (κ3) is 36.0. The molecule has 0 amide bonds. The summed E-state index contributed by atoms with van der Waals surface area (Å²) in [4.78, 5) is 34.7. The Morgan fingerprint density at radius 2 is 1.29 bits per heavy atom.